The van der Waals surface area contributed by atoms with Crippen LogP contribution < -0.4 is 15.9 Å². The van der Waals surface area contributed by atoms with Crippen LogP contribution >= 0.6 is 46.7 Å². The normalized spacial score (nSPS) is 14.2. The fourth-order valence-corrected chi connectivity index (χ4v) is 21.3. The van der Waals surface area contributed by atoms with Crippen LogP contribution in [-0.4, -0.2) is 4.71 Å². The van der Waals surface area contributed by atoms with Gasteiger partial charge in [0.2, 0.25) is 0 Å². The molecule has 3 atom stereocenters. The molecule has 0 aliphatic carbocycles. The molecule has 3 aromatic carbocycles. The highest BCUT2D eigenvalue weighted by molar-refractivity contribution is 9.19. The molecule has 120 valence electrons. The van der Waals surface area contributed by atoms with Crippen LogP contribution in [0.1, 0.15) is 0 Å². The Hall–Kier alpha value is -0.400. The van der Waals surface area contributed by atoms with Gasteiger partial charge in [-0.1, -0.05) is 123 Å². The van der Waals surface area contributed by atoms with E-state index in [0.29, 0.717) is 0 Å². The van der Waals surface area contributed by atoms with E-state index in [1.54, 1.807) is 0 Å². The molecule has 0 radical (unpaired) electrons. The summed E-state index contributed by atoms with van der Waals surface area (Å²) < 4.78 is 2.14. The Labute approximate surface area is 158 Å². The van der Waals surface area contributed by atoms with Crippen LogP contribution in [-0.2, 0) is 0 Å². The highest BCUT2D eigenvalue weighted by atomic mass is 79.9. The molecule has 0 fully saturated rings. The zero-order chi connectivity index (χ0) is 16.6. The van der Waals surface area contributed by atoms with Crippen molar-refractivity contribution in [2.24, 2.45) is 0 Å². The molecule has 5 heteroatoms. The third kappa shape index (κ3) is 5.05. The van der Waals surface area contributed by atoms with Crippen molar-refractivity contribution in [2.45, 2.75) is 0 Å². The minimum Gasteiger partial charge on any atom is -0.0622 e. The molecule has 0 nitrogen and oxygen atoms in total. The maximum atomic E-state index is 3.57. The van der Waals surface area contributed by atoms with Gasteiger partial charge in [-0.15, -0.1) is 0 Å². The number of hydrogen-bond acceptors (Lipinski definition) is 0. The summed E-state index contributed by atoms with van der Waals surface area (Å²) in [5.74, 6) is 0. The Morgan fingerprint density at radius 3 is 1.75 bits per heavy atom. The Bertz CT molecular complexity index is 763. The Morgan fingerprint density at radius 1 is 0.708 bits per heavy atom. The maximum absolute atomic E-state index is 3.57. The molecule has 24 heavy (non-hydrogen) atoms. The second-order valence-corrected chi connectivity index (χ2v) is 18.0. The smallest absolute Gasteiger partial charge is 0.0125 e. The van der Waals surface area contributed by atoms with E-state index < -0.39 is 0 Å². The third-order valence-electron chi connectivity index (χ3n) is 3.34. The molecule has 0 heterocycles. The van der Waals surface area contributed by atoms with Crippen LogP contribution in [0.3, 0.4) is 0 Å². The lowest BCUT2D eigenvalue weighted by Gasteiger charge is -2.26. The van der Waals surface area contributed by atoms with Gasteiger partial charge in [-0.2, -0.15) is 0 Å². The monoisotopic (exact) mass is 448 g/mol. The third-order valence-corrected chi connectivity index (χ3v) is 21.1. The first kappa shape index (κ1) is 18.4. The predicted molar refractivity (Wildman–Crippen MR) is 122 cm³/mol. The van der Waals surface area contributed by atoms with Crippen LogP contribution in [0.5, 0.6) is 0 Å². The number of halogens is 1. The summed E-state index contributed by atoms with van der Waals surface area (Å²) in [6.07, 6.45) is 0. The second-order valence-electron chi connectivity index (χ2n) is 4.96. The summed E-state index contributed by atoms with van der Waals surface area (Å²) >= 11 is 3.57. The fourth-order valence-electron chi connectivity index (χ4n) is 2.26. The van der Waals surface area contributed by atoms with Gasteiger partial charge in [-0.3, -0.25) is 0 Å². The molecule has 3 aromatic rings. The van der Waals surface area contributed by atoms with Crippen molar-refractivity contribution in [1.29, 1.82) is 0 Å². The van der Waals surface area contributed by atoms with Crippen molar-refractivity contribution in [3.8, 4) is 0 Å². The predicted octanol–water partition coefficient (Wildman–Crippen LogP) is 6.45. The van der Waals surface area contributed by atoms with Gasteiger partial charge in [0.1, 0.15) is 0 Å². The SMILES string of the molecule is BrC=PP(c1ccccc1)P(Pc1ccccc1)c1ccccc1. The van der Waals surface area contributed by atoms with E-state index in [1.165, 1.54) is 23.8 Å². The van der Waals surface area contributed by atoms with E-state index in [2.05, 4.69) is 112 Å². The summed E-state index contributed by atoms with van der Waals surface area (Å²) in [6.45, 7) is 0. The van der Waals surface area contributed by atoms with E-state index in [-0.39, 0.29) is 14.6 Å². The molecule has 3 rings (SSSR count). The van der Waals surface area contributed by atoms with Crippen LogP contribution in [0.15, 0.2) is 91.0 Å². The molecule has 0 aliphatic heterocycles. The van der Waals surface area contributed by atoms with Crippen LogP contribution in [0.2, 0.25) is 0 Å². The number of hydrogen-bond donors (Lipinski definition) is 0. The molecule has 3 unspecified atom stereocenters. The van der Waals surface area contributed by atoms with E-state index in [4.69, 9.17) is 0 Å². The van der Waals surface area contributed by atoms with Gasteiger partial charge in [0.15, 0.2) is 0 Å². The molecule has 0 amide bonds. The van der Waals surface area contributed by atoms with Gasteiger partial charge in [-0.05, 0) is 23.2 Å². The molecule has 0 bridgehead atoms. The van der Waals surface area contributed by atoms with Crippen molar-refractivity contribution >= 4 is 67.3 Å². The number of benzene rings is 3. The van der Waals surface area contributed by atoms with Crippen molar-refractivity contribution in [3.05, 3.63) is 91.0 Å². The van der Waals surface area contributed by atoms with Gasteiger partial charge in [-0.25, -0.2) is 0 Å². The first-order chi connectivity index (χ1) is 11.9. The Morgan fingerprint density at radius 2 is 1.21 bits per heavy atom. The molecule has 0 saturated carbocycles. The van der Waals surface area contributed by atoms with Crippen molar-refractivity contribution in [2.75, 3.05) is 0 Å². The van der Waals surface area contributed by atoms with Gasteiger partial charge < -0.3 is 0 Å². The standard InChI is InChI=1S/C19H17BrP4/c20-16-21-23(18-12-6-2-7-13-18)24(19-14-8-3-9-15-19)22-17-10-4-1-5-11-17/h1-16,22H. The molecular formula is C19H17BrP4. The summed E-state index contributed by atoms with van der Waals surface area (Å²) in [5, 5.41) is 4.45. The zero-order valence-electron chi connectivity index (χ0n) is 13.0. The second kappa shape index (κ2) is 9.92. The molecule has 0 aromatic heterocycles. The van der Waals surface area contributed by atoms with Gasteiger partial charge in [0.25, 0.3) is 0 Å². The molecular weight excluding hydrogens is 432 g/mol. The van der Waals surface area contributed by atoms with E-state index >= 15 is 0 Å². The topological polar surface area (TPSA) is 0 Å². The summed E-state index contributed by atoms with van der Waals surface area (Å²) in [5.41, 5.74) is 0. The maximum Gasteiger partial charge on any atom is 0.0125 e. The summed E-state index contributed by atoms with van der Waals surface area (Å²) in [6, 6.07) is 33.0. The lowest BCUT2D eigenvalue weighted by atomic mass is 10.4. The van der Waals surface area contributed by atoms with E-state index in [9.17, 15) is 0 Å². The lowest BCUT2D eigenvalue weighted by Crippen LogP contribution is -2.03. The average molecular weight is 449 g/mol. The van der Waals surface area contributed by atoms with Gasteiger partial charge >= 0.3 is 0 Å². The Kier molecular flexibility index (Phi) is 7.60. The van der Waals surface area contributed by atoms with Crippen LogP contribution in [0.4, 0.5) is 0 Å². The molecule has 0 aliphatic rings. The minimum atomic E-state index is -0.272. The van der Waals surface area contributed by atoms with Crippen molar-refractivity contribution < 1.29 is 0 Å². The van der Waals surface area contributed by atoms with Crippen molar-refractivity contribution in [1.82, 2.24) is 0 Å². The lowest BCUT2D eigenvalue weighted by molar-refractivity contribution is 1.77. The van der Waals surface area contributed by atoms with Crippen LogP contribution in [0.25, 0.3) is 0 Å². The first-order valence-electron chi connectivity index (χ1n) is 7.53. The fraction of sp³-hybridized carbons (Fsp3) is 0. The first-order valence-corrected chi connectivity index (χ1v) is 15.3. The van der Waals surface area contributed by atoms with Gasteiger partial charge in [0, 0.05) is 12.0 Å². The highest BCUT2D eigenvalue weighted by Crippen LogP contribution is 2.82. The molecule has 0 saturated heterocycles. The number of rotatable bonds is 6. The highest BCUT2D eigenvalue weighted by Gasteiger charge is 2.23. The van der Waals surface area contributed by atoms with Crippen LogP contribution in [0, 0.1) is 0 Å². The quantitative estimate of drug-likeness (QED) is 0.380. The van der Waals surface area contributed by atoms with E-state index in [1.807, 2.05) is 0 Å². The van der Waals surface area contributed by atoms with E-state index in [0.717, 1.165) is 8.27 Å². The molecule has 0 N–H and O–H groups in total. The largest absolute Gasteiger partial charge is 0.0622 e. The zero-order valence-corrected chi connectivity index (χ0v) is 18.2. The molecule has 0 spiro atoms. The summed E-state index contributed by atoms with van der Waals surface area (Å²) in [4.78, 5) is 0. The minimum absolute atomic E-state index is 0.259. The van der Waals surface area contributed by atoms with Crippen molar-refractivity contribution in [3.63, 3.8) is 0 Å². The summed E-state index contributed by atoms with van der Waals surface area (Å²) in [7, 11) is 1.69. The Balaban J connectivity index is 2.01. The van der Waals surface area contributed by atoms with Gasteiger partial charge in [0.05, 0.1) is 0 Å². The average Bonchev–Trinajstić information content (AvgIpc) is 2.67.